The number of para-hydroxylation sites is 4. The van der Waals surface area contributed by atoms with Crippen LogP contribution >= 0.6 is 0 Å². The van der Waals surface area contributed by atoms with Gasteiger partial charge < -0.3 is 19.9 Å². The molecule has 0 saturated heterocycles. The lowest BCUT2D eigenvalue weighted by atomic mass is 10.1. The number of carbonyl (C=O) groups excluding carboxylic acids is 2. The fourth-order valence-electron chi connectivity index (χ4n) is 3.57. The van der Waals surface area contributed by atoms with Crippen molar-refractivity contribution < 1.29 is 14.3 Å². The van der Waals surface area contributed by atoms with Gasteiger partial charge in [-0.15, -0.1) is 0 Å². The first-order valence-electron chi connectivity index (χ1n) is 10.3. The van der Waals surface area contributed by atoms with Gasteiger partial charge in [0, 0.05) is 5.56 Å². The Morgan fingerprint density at radius 1 is 1.00 bits per heavy atom. The van der Waals surface area contributed by atoms with Crippen LogP contribution in [0.5, 0.6) is 5.75 Å². The third-order valence-electron chi connectivity index (χ3n) is 5.10. The third kappa shape index (κ3) is 4.62. The van der Waals surface area contributed by atoms with Gasteiger partial charge in [-0.3, -0.25) is 9.59 Å². The number of fused-ring (bicyclic) bond motifs is 1. The van der Waals surface area contributed by atoms with Crippen LogP contribution in [-0.2, 0) is 17.9 Å². The number of anilines is 1. The molecule has 2 N–H and O–H groups in total. The maximum absolute atomic E-state index is 12.8. The monoisotopic (exact) mass is 428 g/mol. The first kappa shape index (κ1) is 21.1. The number of aryl methyl sites for hydroxylation is 1. The number of imidazole rings is 1. The molecular weight excluding hydrogens is 404 g/mol. The molecule has 0 saturated carbocycles. The molecule has 1 heterocycles. The summed E-state index contributed by atoms with van der Waals surface area (Å²) in [6.07, 6.45) is 0. The molecule has 0 aliphatic carbocycles. The molecule has 2 amide bonds. The molecule has 0 unspecified atom stereocenters. The number of benzene rings is 3. The normalized spacial score (nSPS) is 10.7. The van der Waals surface area contributed by atoms with E-state index in [1.807, 2.05) is 66.1 Å². The number of hydrogen-bond acceptors (Lipinski definition) is 4. The van der Waals surface area contributed by atoms with E-state index in [1.165, 1.54) is 0 Å². The van der Waals surface area contributed by atoms with Gasteiger partial charge >= 0.3 is 0 Å². The summed E-state index contributed by atoms with van der Waals surface area (Å²) in [5.41, 5.74) is 3.78. The topological polar surface area (TPSA) is 85.2 Å². The Kier molecular flexibility index (Phi) is 6.17. The molecule has 162 valence electrons. The lowest BCUT2D eigenvalue weighted by molar-refractivity contribution is -0.116. The average molecular weight is 428 g/mol. The average Bonchev–Trinajstić information content (AvgIpc) is 3.15. The molecule has 0 radical (unpaired) electrons. The molecule has 7 heteroatoms. The van der Waals surface area contributed by atoms with E-state index < -0.39 is 0 Å². The van der Waals surface area contributed by atoms with Crippen LogP contribution in [-0.4, -0.2) is 28.5 Å². The Bertz CT molecular complexity index is 1280. The maximum atomic E-state index is 12.8. The van der Waals surface area contributed by atoms with Crippen molar-refractivity contribution in [3.05, 3.63) is 89.7 Å². The van der Waals surface area contributed by atoms with Gasteiger partial charge in [0.05, 0.1) is 30.4 Å². The number of nitrogens with one attached hydrogen (secondary N) is 2. The molecule has 7 nitrogen and oxygen atoms in total. The maximum Gasteiger partial charge on any atom is 0.251 e. The zero-order valence-electron chi connectivity index (χ0n) is 18.0. The van der Waals surface area contributed by atoms with E-state index in [2.05, 4.69) is 15.6 Å². The molecule has 0 aliphatic heterocycles. The molecule has 0 fully saturated rings. The Labute approximate surface area is 186 Å². The second-order valence-corrected chi connectivity index (χ2v) is 7.40. The Morgan fingerprint density at radius 2 is 1.78 bits per heavy atom. The Morgan fingerprint density at radius 3 is 2.59 bits per heavy atom. The highest BCUT2D eigenvalue weighted by molar-refractivity contribution is 5.94. The van der Waals surface area contributed by atoms with Crippen LogP contribution in [0.1, 0.15) is 21.7 Å². The van der Waals surface area contributed by atoms with Crippen LogP contribution in [0.2, 0.25) is 0 Å². The van der Waals surface area contributed by atoms with Gasteiger partial charge in [-0.1, -0.05) is 42.0 Å². The summed E-state index contributed by atoms with van der Waals surface area (Å²) in [5.74, 6) is 0.777. The van der Waals surface area contributed by atoms with Crippen LogP contribution in [0.4, 0.5) is 5.69 Å². The van der Waals surface area contributed by atoms with E-state index in [0.717, 1.165) is 16.6 Å². The SMILES string of the molecule is COc1ccccc1NC(=O)Cn1c(CNC(=O)c2cccc(C)c2)nc2ccccc21. The fourth-order valence-corrected chi connectivity index (χ4v) is 3.57. The highest BCUT2D eigenvalue weighted by Crippen LogP contribution is 2.23. The van der Waals surface area contributed by atoms with Crippen molar-refractivity contribution in [2.75, 3.05) is 12.4 Å². The predicted molar refractivity (Wildman–Crippen MR) is 124 cm³/mol. The van der Waals surface area contributed by atoms with E-state index in [4.69, 9.17) is 4.74 Å². The summed E-state index contributed by atoms with van der Waals surface area (Å²) in [5, 5.41) is 5.80. The van der Waals surface area contributed by atoms with E-state index in [9.17, 15) is 9.59 Å². The van der Waals surface area contributed by atoms with E-state index in [1.54, 1.807) is 25.3 Å². The summed E-state index contributed by atoms with van der Waals surface area (Å²) in [6, 6.07) is 22.2. The molecule has 0 spiro atoms. The molecule has 0 bridgehead atoms. The fraction of sp³-hybridized carbons (Fsp3) is 0.160. The van der Waals surface area contributed by atoms with Crippen molar-refractivity contribution in [2.24, 2.45) is 0 Å². The summed E-state index contributed by atoms with van der Waals surface area (Å²) >= 11 is 0. The number of amides is 2. The quantitative estimate of drug-likeness (QED) is 0.467. The number of nitrogens with zero attached hydrogens (tertiary/aromatic N) is 2. The standard InChI is InChI=1S/C25H24N4O3/c1-17-8-7-9-18(14-17)25(31)26-15-23-27-19-10-3-5-12-21(19)29(23)16-24(30)28-20-11-4-6-13-22(20)32-2/h3-14H,15-16H2,1-2H3,(H,26,31)(H,28,30). The van der Waals surface area contributed by atoms with Crippen molar-refractivity contribution in [1.29, 1.82) is 0 Å². The largest absolute Gasteiger partial charge is 0.495 e. The van der Waals surface area contributed by atoms with Crippen LogP contribution in [0.3, 0.4) is 0 Å². The van der Waals surface area contributed by atoms with Crippen LogP contribution < -0.4 is 15.4 Å². The second-order valence-electron chi connectivity index (χ2n) is 7.40. The van der Waals surface area contributed by atoms with Crippen molar-refractivity contribution in [3.63, 3.8) is 0 Å². The van der Waals surface area contributed by atoms with Gasteiger partial charge in [-0.25, -0.2) is 4.98 Å². The summed E-state index contributed by atoms with van der Waals surface area (Å²) < 4.78 is 7.13. The Balaban J connectivity index is 1.55. The van der Waals surface area contributed by atoms with Crippen molar-refractivity contribution in [1.82, 2.24) is 14.9 Å². The van der Waals surface area contributed by atoms with Crippen molar-refractivity contribution in [3.8, 4) is 5.75 Å². The first-order valence-corrected chi connectivity index (χ1v) is 10.3. The second kappa shape index (κ2) is 9.34. The number of methoxy groups -OCH3 is 1. The number of hydrogen-bond donors (Lipinski definition) is 2. The van der Waals surface area contributed by atoms with Crippen molar-refractivity contribution in [2.45, 2.75) is 20.0 Å². The highest BCUT2D eigenvalue weighted by atomic mass is 16.5. The summed E-state index contributed by atoms with van der Waals surface area (Å²) in [4.78, 5) is 30.1. The molecule has 4 aromatic rings. The summed E-state index contributed by atoms with van der Waals surface area (Å²) in [6.45, 7) is 2.19. The number of ether oxygens (including phenoxy) is 1. The number of carbonyl (C=O) groups is 2. The van der Waals surface area contributed by atoms with Gasteiger partial charge in [0.15, 0.2) is 0 Å². The van der Waals surface area contributed by atoms with Gasteiger partial charge in [0.25, 0.3) is 5.91 Å². The molecule has 3 aromatic carbocycles. The molecule has 1 aromatic heterocycles. The minimum absolute atomic E-state index is 0.0498. The number of aromatic nitrogens is 2. The van der Waals surface area contributed by atoms with Crippen LogP contribution in [0, 0.1) is 6.92 Å². The third-order valence-corrected chi connectivity index (χ3v) is 5.10. The van der Waals surface area contributed by atoms with E-state index in [0.29, 0.717) is 22.8 Å². The van der Waals surface area contributed by atoms with Gasteiger partial charge in [-0.2, -0.15) is 0 Å². The van der Waals surface area contributed by atoms with Crippen LogP contribution in [0.15, 0.2) is 72.8 Å². The Hall–Kier alpha value is -4.13. The van der Waals surface area contributed by atoms with Crippen LogP contribution in [0.25, 0.3) is 11.0 Å². The molecule has 32 heavy (non-hydrogen) atoms. The molecule has 0 atom stereocenters. The lowest BCUT2D eigenvalue weighted by Crippen LogP contribution is -2.26. The van der Waals surface area contributed by atoms with Gasteiger partial charge in [0.1, 0.15) is 18.1 Å². The summed E-state index contributed by atoms with van der Waals surface area (Å²) in [7, 11) is 1.56. The van der Waals surface area contributed by atoms with Crippen molar-refractivity contribution >= 4 is 28.5 Å². The molecule has 4 rings (SSSR count). The number of rotatable bonds is 7. The van der Waals surface area contributed by atoms with Gasteiger partial charge in [0.2, 0.25) is 5.91 Å². The van der Waals surface area contributed by atoms with E-state index >= 15 is 0 Å². The van der Waals surface area contributed by atoms with E-state index in [-0.39, 0.29) is 24.9 Å². The zero-order chi connectivity index (χ0) is 22.5. The minimum Gasteiger partial charge on any atom is -0.495 e. The van der Waals surface area contributed by atoms with Gasteiger partial charge in [-0.05, 0) is 43.3 Å². The first-order chi connectivity index (χ1) is 15.5. The lowest BCUT2D eigenvalue weighted by Gasteiger charge is -2.13. The minimum atomic E-state index is -0.219. The molecular formula is C25H24N4O3. The molecule has 0 aliphatic rings. The zero-order valence-corrected chi connectivity index (χ0v) is 18.0. The smallest absolute Gasteiger partial charge is 0.251 e. The highest BCUT2D eigenvalue weighted by Gasteiger charge is 2.16. The predicted octanol–water partition coefficient (Wildman–Crippen LogP) is 3.92.